The van der Waals surface area contributed by atoms with Crippen molar-refractivity contribution in [3.63, 3.8) is 0 Å². The second-order valence-corrected chi connectivity index (χ2v) is 5.75. The van der Waals surface area contributed by atoms with Gasteiger partial charge in [-0.1, -0.05) is 45.7 Å². The highest BCUT2D eigenvalue weighted by Crippen LogP contribution is 2.33. The lowest BCUT2D eigenvalue weighted by molar-refractivity contribution is -0.214. The first-order chi connectivity index (χ1) is 8.66. The van der Waals surface area contributed by atoms with E-state index in [1.165, 1.54) is 0 Å². The molecule has 7 heteroatoms. The Balaban J connectivity index is 4.01. The van der Waals surface area contributed by atoms with Gasteiger partial charge >= 0.3 is 12.3 Å². The van der Waals surface area contributed by atoms with Gasteiger partial charge in [0.25, 0.3) is 0 Å². The Morgan fingerprint density at radius 2 is 1.79 bits per heavy atom. The van der Waals surface area contributed by atoms with E-state index in [0.717, 1.165) is 12.8 Å². The van der Waals surface area contributed by atoms with E-state index >= 15 is 0 Å². The molecule has 0 spiro atoms. The summed E-state index contributed by atoms with van der Waals surface area (Å²) in [5, 5.41) is 8.11. The molecule has 1 N–H and O–H groups in total. The Kier molecular flexibility index (Phi) is 7.59. The summed E-state index contributed by atoms with van der Waals surface area (Å²) in [5.74, 6) is 0.448. The minimum atomic E-state index is -1.73. The number of carboxylic acid groups (broad SMARTS) is 1. The van der Waals surface area contributed by atoms with Crippen LogP contribution in [0.2, 0.25) is 0 Å². The molecular weight excluding hydrogens is 276 g/mol. The van der Waals surface area contributed by atoms with Gasteiger partial charge in [-0.15, -0.1) is 0 Å². The summed E-state index contributed by atoms with van der Waals surface area (Å²) in [6, 6.07) is 0. The number of ether oxygens (including phenoxy) is 1. The lowest BCUT2D eigenvalue weighted by Crippen LogP contribution is -2.22. The van der Waals surface area contributed by atoms with Gasteiger partial charge in [0, 0.05) is 0 Å². The molecule has 0 heterocycles. The van der Waals surface area contributed by atoms with Crippen LogP contribution in [0.5, 0.6) is 0 Å². The maximum absolute atomic E-state index is 11.0. The molecule has 0 aliphatic heterocycles. The summed E-state index contributed by atoms with van der Waals surface area (Å²) in [7, 11) is 0. The Hall–Kier alpha value is -1.17. The van der Waals surface area contributed by atoms with Crippen molar-refractivity contribution in [2.24, 2.45) is 11.3 Å². The van der Waals surface area contributed by atoms with E-state index in [9.17, 15) is 9.59 Å². The van der Waals surface area contributed by atoms with Crippen molar-refractivity contribution in [3.05, 3.63) is 0 Å². The van der Waals surface area contributed by atoms with E-state index in [2.05, 4.69) is 42.2 Å². The number of halogens is 1. The first-order valence-corrected chi connectivity index (χ1v) is 6.52. The highest BCUT2D eigenvalue weighted by atomic mass is 35.5. The Labute approximate surface area is 117 Å². The number of carbonyl (C=O) groups excluding carboxylic acids is 1. The van der Waals surface area contributed by atoms with E-state index in [-0.39, 0.29) is 5.41 Å². The van der Waals surface area contributed by atoms with Crippen molar-refractivity contribution in [2.45, 2.75) is 52.5 Å². The molecule has 0 saturated carbocycles. The van der Waals surface area contributed by atoms with Crippen LogP contribution in [-0.4, -0.2) is 23.0 Å². The lowest BCUT2D eigenvalue weighted by Gasteiger charge is -2.30. The van der Waals surface area contributed by atoms with E-state index in [0.29, 0.717) is 12.3 Å². The normalized spacial score (nSPS) is 14.4. The molecule has 0 bridgehead atoms. The first-order valence-electron chi connectivity index (χ1n) is 6.09. The number of alkyl halides is 1. The average molecular weight is 297 g/mol. The zero-order valence-corrected chi connectivity index (χ0v) is 12.4. The molecule has 0 radical (unpaired) electrons. The van der Waals surface area contributed by atoms with Gasteiger partial charge in [0.2, 0.25) is 0 Å². The molecule has 2 unspecified atom stereocenters. The smallest absolute Gasteiger partial charge is 0.447 e. The van der Waals surface area contributed by atoms with Gasteiger partial charge in [-0.3, -0.25) is 0 Å². The second-order valence-electron chi connectivity index (χ2n) is 5.26. The highest BCUT2D eigenvalue weighted by Gasteiger charge is 2.24. The van der Waals surface area contributed by atoms with Gasteiger partial charge in [-0.2, -0.15) is 9.68 Å². The van der Waals surface area contributed by atoms with Gasteiger partial charge in [-0.25, -0.2) is 9.68 Å². The van der Waals surface area contributed by atoms with E-state index in [1.54, 1.807) is 0 Å². The average Bonchev–Trinajstić information content (AvgIpc) is 2.25. The Morgan fingerprint density at radius 1 is 1.21 bits per heavy atom. The van der Waals surface area contributed by atoms with Crippen LogP contribution in [0, 0.1) is 11.3 Å². The van der Waals surface area contributed by atoms with Crippen LogP contribution in [0.4, 0.5) is 9.59 Å². The third-order valence-electron chi connectivity index (χ3n) is 2.86. The number of carbonyl (C=O) groups is 2. The fourth-order valence-electron chi connectivity index (χ4n) is 1.83. The molecule has 2 atom stereocenters. The van der Waals surface area contributed by atoms with Crippen LogP contribution in [0.25, 0.3) is 0 Å². The Bertz CT molecular complexity index is 299. The minimum Gasteiger partial charge on any atom is -0.447 e. The largest absolute Gasteiger partial charge is 0.551 e. The maximum atomic E-state index is 11.0. The van der Waals surface area contributed by atoms with Crippen molar-refractivity contribution in [3.8, 4) is 0 Å². The standard InChI is InChI=1S/C12H21ClO6/c1-5-8(12(2,3)4)6-7-9(13)17-11(16)19-18-10(14)15/h8-9H,5-7H2,1-4H3,(H,14,15). The van der Waals surface area contributed by atoms with Crippen LogP contribution in [0.1, 0.15) is 47.0 Å². The number of hydrogen-bond acceptors (Lipinski definition) is 5. The molecule has 6 nitrogen and oxygen atoms in total. The molecule has 112 valence electrons. The predicted octanol–water partition coefficient (Wildman–Crippen LogP) is 4.17. The molecule has 19 heavy (non-hydrogen) atoms. The molecule has 0 saturated heterocycles. The Morgan fingerprint density at radius 3 is 2.21 bits per heavy atom. The third-order valence-corrected chi connectivity index (χ3v) is 3.17. The third kappa shape index (κ3) is 8.53. The number of rotatable bonds is 5. The van der Waals surface area contributed by atoms with Crippen LogP contribution in [0.15, 0.2) is 0 Å². The summed E-state index contributed by atoms with van der Waals surface area (Å²) in [6.45, 7) is 8.51. The zero-order chi connectivity index (χ0) is 15.1. The van der Waals surface area contributed by atoms with Crippen LogP contribution in [-0.2, 0) is 14.5 Å². The topological polar surface area (TPSA) is 82.1 Å². The van der Waals surface area contributed by atoms with Gasteiger partial charge in [-0.05, 0) is 24.2 Å². The summed E-state index contributed by atoms with van der Waals surface area (Å²) in [6.07, 6.45) is -0.756. The van der Waals surface area contributed by atoms with Crippen molar-refractivity contribution < 1.29 is 29.2 Å². The lowest BCUT2D eigenvalue weighted by atomic mass is 9.77. The molecule has 0 aromatic heterocycles. The SMILES string of the molecule is CCC(CCC(Cl)OC(=O)OOC(=O)O)C(C)(C)C. The predicted molar refractivity (Wildman–Crippen MR) is 68.8 cm³/mol. The molecular formula is C12H21ClO6. The summed E-state index contributed by atoms with van der Waals surface area (Å²) < 4.78 is 4.62. The van der Waals surface area contributed by atoms with Crippen molar-refractivity contribution in [1.82, 2.24) is 0 Å². The fraction of sp³-hybridized carbons (Fsp3) is 0.833. The highest BCUT2D eigenvalue weighted by molar-refractivity contribution is 6.20. The van der Waals surface area contributed by atoms with E-state index < -0.39 is 17.9 Å². The minimum absolute atomic E-state index is 0.151. The maximum Gasteiger partial charge on any atom is 0.551 e. The van der Waals surface area contributed by atoms with Gasteiger partial charge in [0.1, 0.15) is 0 Å². The zero-order valence-electron chi connectivity index (χ0n) is 11.6. The van der Waals surface area contributed by atoms with Crippen molar-refractivity contribution >= 4 is 23.9 Å². The van der Waals surface area contributed by atoms with Gasteiger partial charge in [0.05, 0.1) is 0 Å². The molecule has 0 amide bonds. The molecule has 0 aliphatic carbocycles. The van der Waals surface area contributed by atoms with Crippen molar-refractivity contribution in [2.75, 3.05) is 0 Å². The summed E-state index contributed by atoms with van der Waals surface area (Å²) in [4.78, 5) is 28.3. The summed E-state index contributed by atoms with van der Waals surface area (Å²) >= 11 is 5.82. The van der Waals surface area contributed by atoms with Gasteiger partial charge in [0.15, 0.2) is 5.56 Å². The fourth-order valence-corrected chi connectivity index (χ4v) is 2.03. The van der Waals surface area contributed by atoms with Crippen molar-refractivity contribution in [1.29, 1.82) is 0 Å². The molecule has 0 aromatic rings. The summed E-state index contributed by atoms with van der Waals surface area (Å²) in [5.41, 5.74) is -0.723. The van der Waals surface area contributed by atoms with Gasteiger partial charge < -0.3 is 9.84 Å². The molecule has 0 aromatic carbocycles. The van der Waals surface area contributed by atoms with Crippen LogP contribution in [0.3, 0.4) is 0 Å². The molecule has 0 rings (SSSR count). The second kappa shape index (κ2) is 8.09. The quantitative estimate of drug-likeness (QED) is 0.355. The molecule has 0 aliphatic rings. The monoisotopic (exact) mass is 296 g/mol. The van der Waals surface area contributed by atoms with E-state index in [1.807, 2.05) is 0 Å². The number of hydrogen-bond donors (Lipinski definition) is 1. The van der Waals surface area contributed by atoms with E-state index in [4.69, 9.17) is 16.7 Å². The van der Waals surface area contributed by atoms with Crippen LogP contribution >= 0.6 is 11.6 Å². The molecule has 0 fully saturated rings. The van der Waals surface area contributed by atoms with Crippen LogP contribution < -0.4 is 0 Å². The first kappa shape index (κ1) is 17.8.